The standard InChI is InChI=1S/C14H18F3N/c1-18-13(10-4-2-3-5-10)11-6-8-12(9-7-11)14(15,16)17/h6-10,13,18H,2-5H2,1H3. The summed E-state index contributed by atoms with van der Waals surface area (Å²) in [6.45, 7) is 0. The summed E-state index contributed by atoms with van der Waals surface area (Å²) in [6.07, 6.45) is 0.521. The van der Waals surface area contributed by atoms with Crippen LogP contribution in [0.15, 0.2) is 24.3 Å². The summed E-state index contributed by atoms with van der Waals surface area (Å²) in [4.78, 5) is 0. The summed E-state index contributed by atoms with van der Waals surface area (Å²) in [7, 11) is 1.88. The van der Waals surface area contributed by atoms with Gasteiger partial charge in [0.25, 0.3) is 0 Å². The molecule has 1 aliphatic carbocycles. The van der Waals surface area contributed by atoms with Gasteiger partial charge in [-0.2, -0.15) is 13.2 Å². The average Bonchev–Trinajstić information content (AvgIpc) is 2.83. The van der Waals surface area contributed by atoms with Crippen LogP contribution in [0.5, 0.6) is 0 Å². The lowest BCUT2D eigenvalue weighted by molar-refractivity contribution is -0.137. The lowest BCUT2D eigenvalue weighted by atomic mass is 9.91. The third-order valence-corrected chi connectivity index (χ3v) is 3.78. The number of alkyl halides is 3. The quantitative estimate of drug-likeness (QED) is 0.857. The molecule has 1 nitrogen and oxygen atoms in total. The molecule has 1 aromatic rings. The maximum atomic E-state index is 12.5. The summed E-state index contributed by atoms with van der Waals surface area (Å²) in [5.74, 6) is 0.548. The molecule has 0 bridgehead atoms. The highest BCUT2D eigenvalue weighted by atomic mass is 19.4. The zero-order valence-corrected chi connectivity index (χ0v) is 10.4. The molecule has 0 radical (unpaired) electrons. The van der Waals surface area contributed by atoms with Crippen molar-refractivity contribution in [2.45, 2.75) is 37.9 Å². The van der Waals surface area contributed by atoms with Crippen LogP contribution in [0.1, 0.15) is 42.9 Å². The molecule has 18 heavy (non-hydrogen) atoms. The molecule has 0 spiro atoms. The first-order valence-electron chi connectivity index (χ1n) is 6.37. The van der Waals surface area contributed by atoms with E-state index < -0.39 is 11.7 Å². The molecular weight excluding hydrogens is 239 g/mol. The van der Waals surface area contributed by atoms with E-state index in [2.05, 4.69) is 5.32 Å². The van der Waals surface area contributed by atoms with Crippen molar-refractivity contribution in [1.82, 2.24) is 5.32 Å². The molecule has 4 heteroatoms. The van der Waals surface area contributed by atoms with E-state index in [0.717, 1.165) is 18.4 Å². The van der Waals surface area contributed by atoms with E-state index in [1.54, 1.807) is 12.1 Å². The molecule has 0 aromatic heterocycles. The van der Waals surface area contributed by atoms with E-state index in [-0.39, 0.29) is 6.04 Å². The minimum atomic E-state index is -4.25. The Hall–Kier alpha value is -1.03. The molecule has 1 saturated carbocycles. The van der Waals surface area contributed by atoms with Crippen LogP contribution in [-0.2, 0) is 6.18 Å². The van der Waals surface area contributed by atoms with Crippen LogP contribution in [0.2, 0.25) is 0 Å². The summed E-state index contributed by atoms with van der Waals surface area (Å²) >= 11 is 0. The minimum Gasteiger partial charge on any atom is -0.313 e. The molecule has 0 heterocycles. The van der Waals surface area contributed by atoms with Crippen molar-refractivity contribution < 1.29 is 13.2 Å². The minimum absolute atomic E-state index is 0.176. The van der Waals surface area contributed by atoms with Crippen molar-refractivity contribution in [1.29, 1.82) is 0 Å². The summed E-state index contributed by atoms with van der Waals surface area (Å²) < 4.78 is 37.5. The first-order chi connectivity index (χ1) is 8.52. The fourth-order valence-electron chi connectivity index (χ4n) is 2.84. The fraction of sp³-hybridized carbons (Fsp3) is 0.571. The van der Waals surface area contributed by atoms with Gasteiger partial charge in [-0.1, -0.05) is 25.0 Å². The van der Waals surface area contributed by atoms with Gasteiger partial charge in [-0.3, -0.25) is 0 Å². The Morgan fingerprint density at radius 2 is 1.67 bits per heavy atom. The van der Waals surface area contributed by atoms with Gasteiger partial charge in [-0.15, -0.1) is 0 Å². The third-order valence-electron chi connectivity index (χ3n) is 3.78. The van der Waals surface area contributed by atoms with Crippen LogP contribution < -0.4 is 5.32 Å². The van der Waals surface area contributed by atoms with Gasteiger partial charge >= 0.3 is 6.18 Å². The number of rotatable bonds is 3. The fourth-order valence-corrected chi connectivity index (χ4v) is 2.84. The van der Waals surface area contributed by atoms with Gasteiger partial charge in [-0.25, -0.2) is 0 Å². The molecule has 2 rings (SSSR count). The van der Waals surface area contributed by atoms with Gasteiger partial charge in [0.05, 0.1) is 5.56 Å². The van der Waals surface area contributed by atoms with Crippen LogP contribution in [0, 0.1) is 5.92 Å². The first kappa shape index (κ1) is 13.4. The molecule has 100 valence electrons. The molecule has 0 amide bonds. The lowest BCUT2D eigenvalue weighted by Crippen LogP contribution is -2.23. The maximum absolute atomic E-state index is 12.5. The van der Waals surface area contributed by atoms with Crippen LogP contribution in [0.3, 0.4) is 0 Å². The Kier molecular flexibility index (Phi) is 3.95. The Morgan fingerprint density at radius 1 is 1.11 bits per heavy atom. The lowest BCUT2D eigenvalue weighted by Gasteiger charge is -2.23. The van der Waals surface area contributed by atoms with E-state index in [4.69, 9.17) is 0 Å². The smallest absolute Gasteiger partial charge is 0.313 e. The van der Waals surface area contributed by atoms with Gasteiger partial charge in [0, 0.05) is 6.04 Å². The molecule has 1 N–H and O–H groups in total. The molecule has 1 aliphatic rings. The Balaban J connectivity index is 2.16. The van der Waals surface area contributed by atoms with Crippen LogP contribution >= 0.6 is 0 Å². The summed E-state index contributed by atoms with van der Waals surface area (Å²) in [5, 5.41) is 3.24. The number of nitrogens with one attached hydrogen (secondary N) is 1. The van der Waals surface area contributed by atoms with Gasteiger partial charge in [0.15, 0.2) is 0 Å². The molecular formula is C14H18F3N. The molecule has 1 atom stereocenters. The largest absolute Gasteiger partial charge is 0.416 e. The van der Waals surface area contributed by atoms with E-state index >= 15 is 0 Å². The summed E-state index contributed by atoms with van der Waals surface area (Å²) in [6, 6.07) is 5.73. The Morgan fingerprint density at radius 3 is 2.11 bits per heavy atom. The molecule has 0 aliphatic heterocycles. The highest BCUT2D eigenvalue weighted by molar-refractivity contribution is 5.27. The predicted octanol–water partition coefficient (Wildman–Crippen LogP) is 4.16. The number of halogens is 3. The average molecular weight is 257 g/mol. The van der Waals surface area contributed by atoms with Crippen molar-refractivity contribution in [3.8, 4) is 0 Å². The van der Waals surface area contributed by atoms with Crippen molar-refractivity contribution in [2.24, 2.45) is 5.92 Å². The topological polar surface area (TPSA) is 12.0 Å². The van der Waals surface area contributed by atoms with Gasteiger partial charge in [0.2, 0.25) is 0 Å². The van der Waals surface area contributed by atoms with E-state index in [1.807, 2.05) is 7.05 Å². The number of hydrogen-bond donors (Lipinski definition) is 1. The van der Waals surface area contributed by atoms with E-state index in [9.17, 15) is 13.2 Å². The zero-order valence-electron chi connectivity index (χ0n) is 10.4. The van der Waals surface area contributed by atoms with Crippen LogP contribution in [0.4, 0.5) is 13.2 Å². The highest BCUT2D eigenvalue weighted by Crippen LogP contribution is 2.36. The Bertz CT molecular complexity index is 377. The SMILES string of the molecule is CNC(c1ccc(C(F)(F)F)cc1)C1CCCC1. The van der Waals surface area contributed by atoms with E-state index in [0.29, 0.717) is 5.92 Å². The predicted molar refractivity (Wildman–Crippen MR) is 65.2 cm³/mol. The van der Waals surface area contributed by atoms with Crippen molar-refractivity contribution >= 4 is 0 Å². The van der Waals surface area contributed by atoms with E-state index in [1.165, 1.54) is 25.0 Å². The normalized spacial score (nSPS) is 19.1. The maximum Gasteiger partial charge on any atom is 0.416 e. The first-order valence-corrected chi connectivity index (χ1v) is 6.37. The molecule has 1 aromatic carbocycles. The number of hydrogen-bond acceptors (Lipinski definition) is 1. The van der Waals surface area contributed by atoms with Crippen molar-refractivity contribution in [3.05, 3.63) is 35.4 Å². The highest BCUT2D eigenvalue weighted by Gasteiger charge is 2.31. The van der Waals surface area contributed by atoms with Crippen molar-refractivity contribution in [2.75, 3.05) is 7.05 Å². The second-order valence-electron chi connectivity index (χ2n) is 4.93. The Labute approximate surface area is 105 Å². The zero-order chi connectivity index (χ0) is 13.2. The molecule has 0 saturated heterocycles. The molecule has 1 fully saturated rings. The second-order valence-corrected chi connectivity index (χ2v) is 4.93. The van der Waals surface area contributed by atoms with Crippen LogP contribution in [0.25, 0.3) is 0 Å². The second kappa shape index (κ2) is 5.31. The number of benzene rings is 1. The summed E-state index contributed by atoms with van der Waals surface area (Å²) in [5.41, 5.74) is 0.380. The third kappa shape index (κ3) is 2.86. The van der Waals surface area contributed by atoms with Gasteiger partial charge in [0.1, 0.15) is 0 Å². The van der Waals surface area contributed by atoms with Gasteiger partial charge in [-0.05, 0) is 43.5 Å². The van der Waals surface area contributed by atoms with Crippen molar-refractivity contribution in [3.63, 3.8) is 0 Å². The van der Waals surface area contributed by atoms with Gasteiger partial charge < -0.3 is 5.32 Å². The van der Waals surface area contributed by atoms with Crippen LogP contribution in [-0.4, -0.2) is 7.05 Å². The monoisotopic (exact) mass is 257 g/mol. The molecule has 1 unspecified atom stereocenters.